The third-order valence-electron chi connectivity index (χ3n) is 2.42. The number of rotatable bonds is 3. The molecule has 3 nitrogen and oxygen atoms in total. The highest BCUT2D eigenvalue weighted by Gasteiger charge is 2.12. The number of ether oxygens (including phenoxy) is 2. The van der Waals surface area contributed by atoms with E-state index < -0.39 is 0 Å². The highest BCUT2D eigenvalue weighted by Crippen LogP contribution is 2.33. The molecule has 1 aliphatic heterocycles. The standard InChI is InChI=1S/C12H14O3/c1-2-9(7-13)5-10-3-4-11-12(6-10)15-8-14-11/h3-6,13H,2,7-8H2,1H3. The first-order valence-corrected chi connectivity index (χ1v) is 5.03. The summed E-state index contributed by atoms with van der Waals surface area (Å²) in [4.78, 5) is 0. The maximum absolute atomic E-state index is 9.06. The summed E-state index contributed by atoms with van der Waals surface area (Å²) in [7, 11) is 0. The first kappa shape index (κ1) is 10.1. The van der Waals surface area contributed by atoms with Crippen molar-refractivity contribution in [2.45, 2.75) is 13.3 Å². The number of aliphatic hydroxyl groups is 1. The number of hydrogen-bond donors (Lipinski definition) is 1. The number of fused-ring (bicyclic) bond motifs is 1. The van der Waals surface area contributed by atoms with Gasteiger partial charge in [-0.2, -0.15) is 0 Å². The number of benzene rings is 1. The minimum absolute atomic E-state index is 0.102. The lowest BCUT2D eigenvalue weighted by molar-refractivity contribution is 0.174. The molecule has 1 N–H and O–H groups in total. The van der Waals surface area contributed by atoms with E-state index in [1.807, 2.05) is 31.2 Å². The van der Waals surface area contributed by atoms with Crippen molar-refractivity contribution in [1.29, 1.82) is 0 Å². The van der Waals surface area contributed by atoms with E-state index in [4.69, 9.17) is 14.6 Å². The molecule has 1 aromatic carbocycles. The van der Waals surface area contributed by atoms with Crippen molar-refractivity contribution in [3.05, 3.63) is 29.3 Å². The highest BCUT2D eigenvalue weighted by atomic mass is 16.7. The zero-order valence-electron chi connectivity index (χ0n) is 8.69. The zero-order valence-corrected chi connectivity index (χ0v) is 8.69. The molecule has 0 aliphatic carbocycles. The van der Waals surface area contributed by atoms with E-state index in [0.717, 1.165) is 29.1 Å². The molecule has 1 heterocycles. The van der Waals surface area contributed by atoms with Gasteiger partial charge in [-0.1, -0.05) is 19.1 Å². The van der Waals surface area contributed by atoms with Crippen LogP contribution in [0.1, 0.15) is 18.9 Å². The van der Waals surface area contributed by atoms with Crippen LogP contribution in [0.3, 0.4) is 0 Å². The molecule has 3 heteroatoms. The van der Waals surface area contributed by atoms with Gasteiger partial charge in [-0.15, -0.1) is 0 Å². The second-order valence-corrected chi connectivity index (χ2v) is 3.43. The molecule has 15 heavy (non-hydrogen) atoms. The van der Waals surface area contributed by atoms with Crippen LogP contribution < -0.4 is 9.47 Å². The summed E-state index contributed by atoms with van der Waals surface area (Å²) in [5.74, 6) is 1.56. The quantitative estimate of drug-likeness (QED) is 0.824. The lowest BCUT2D eigenvalue weighted by atomic mass is 10.1. The van der Waals surface area contributed by atoms with Gasteiger partial charge in [0.2, 0.25) is 6.79 Å². The van der Waals surface area contributed by atoms with Gasteiger partial charge in [0.25, 0.3) is 0 Å². The molecule has 0 saturated carbocycles. The molecule has 0 saturated heterocycles. The van der Waals surface area contributed by atoms with Crippen molar-refractivity contribution in [3.8, 4) is 11.5 Å². The van der Waals surface area contributed by atoms with Crippen LogP contribution in [0, 0.1) is 0 Å². The summed E-state index contributed by atoms with van der Waals surface area (Å²) in [6, 6.07) is 5.77. The van der Waals surface area contributed by atoms with Crippen LogP contribution in [0.2, 0.25) is 0 Å². The monoisotopic (exact) mass is 206 g/mol. The van der Waals surface area contributed by atoms with Gasteiger partial charge in [0.15, 0.2) is 11.5 Å². The van der Waals surface area contributed by atoms with E-state index >= 15 is 0 Å². The van der Waals surface area contributed by atoms with Gasteiger partial charge in [0.05, 0.1) is 6.61 Å². The summed E-state index contributed by atoms with van der Waals surface area (Å²) >= 11 is 0. The van der Waals surface area contributed by atoms with Crippen molar-refractivity contribution in [2.75, 3.05) is 13.4 Å². The van der Waals surface area contributed by atoms with Gasteiger partial charge in [0, 0.05) is 0 Å². The molecule has 0 atom stereocenters. The van der Waals surface area contributed by atoms with Crippen LogP contribution in [0.15, 0.2) is 23.8 Å². The fraction of sp³-hybridized carbons (Fsp3) is 0.333. The van der Waals surface area contributed by atoms with E-state index in [2.05, 4.69) is 0 Å². The van der Waals surface area contributed by atoms with E-state index in [9.17, 15) is 0 Å². The summed E-state index contributed by atoms with van der Waals surface area (Å²) in [5.41, 5.74) is 2.04. The Bertz CT molecular complexity index is 376. The van der Waals surface area contributed by atoms with Crippen LogP contribution >= 0.6 is 0 Å². The lowest BCUT2D eigenvalue weighted by Crippen LogP contribution is -1.92. The molecule has 80 valence electrons. The Balaban J connectivity index is 2.26. The topological polar surface area (TPSA) is 38.7 Å². The summed E-state index contributed by atoms with van der Waals surface area (Å²) in [5, 5.41) is 9.06. The van der Waals surface area contributed by atoms with Crippen molar-refractivity contribution in [2.24, 2.45) is 0 Å². The zero-order chi connectivity index (χ0) is 10.7. The van der Waals surface area contributed by atoms with Gasteiger partial charge in [-0.3, -0.25) is 0 Å². The summed E-state index contributed by atoms with van der Waals surface area (Å²) in [6.45, 7) is 2.42. The Labute approximate surface area is 88.9 Å². The third kappa shape index (κ3) is 2.13. The molecule has 1 aliphatic rings. The van der Waals surface area contributed by atoms with E-state index in [1.54, 1.807) is 0 Å². The molecule has 0 aromatic heterocycles. The van der Waals surface area contributed by atoms with E-state index in [0.29, 0.717) is 6.79 Å². The SMILES string of the molecule is CCC(=Cc1ccc2c(c1)OCO2)CO. The average Bonchev–Trinajstić information content (AvgIpc) is 2.73. The Kier molecular flexibility index (Phi) is 2.92. The average molecular weight is 206 g/mol. The van der Waals surface area contributed by atoms with Crippen molar-refractivity contribution in [3.63, 3.8) is 0 Å². The Morgan fingerprint density at radius 3 is 2.93 bits per heavy atom. The number of aliphatic hydroxyl groups excluding tert-OH is 1. The lowest BCUT2D eigenvalue weighted by Gasteiger charge is -2.01. The molecule has 0 fully saturated rings. The van der Waals surface area contributed by atoms with Crippen molar-refractivity contribution in [1.82, 2.24) is 0 Å². The number of hydrogen-bond acceptors (Lipinski definition) is 3. The smallest absolute Gasteiger partial charge is 0.231 e. The molecule has 1 aromatic rings. The summed E-state index contributed by atoms with van der Waals surface area (Å²) < 4.78 is 10.5. The molecule has 0 amide bonds. The van der Waals surface area contributed by atoms with E-state index in [1.165, 1.54) is 0 Å². The third-order valence-corrected chi connectivity index (χ3v) is 2.42. The first-order chi connectivity index (χ1) is 7.33. The predicted molar refractivity (Wildman–Crippen MR) is 57.9 cm³/mol. The summed E-state index contributed by atoms with van der Waals surface area (Å²) in [6.07, 6.45) is 2.83. The van der Waals surface area contributed by atoms with E-state index in [-0.39, 0.29) is 6.61 Å². The van der Waals surface area contributed by atoms with Gasteiger partial charge < -0.3 is 14.6 Å². The second-order valence-electron chi connectivity index (χ2n) is 3.43. The maximum atomic E-state index is 9.06. The normalized spacial score (nSPS) is 14.4. The van der Waals surface area contributed by atoms with Crippen LogP contribution in [0.4, 0.5) is 0 Å². The highest BCUT2D eigenvalue weighted by molar-refractivity contribution is 5.58. The fourth-order valence-electron chi connectivity index (χ4n) is 1.50. The van der Waals surface area contributed by atoms with Crippen LogP contribution in [-0.2, 0) is 0 Å². The molecular weight excluding hydrogens is 192 g/mol. The van der Waals surface area contributed by atoms with Crippen molar-refractivity contribution >= 4 is 6.08 Å². The Hall–Kier alpha value is -1.48. The van der Waals surface area contributed by atoms with Crippen molar-refractivity contribution < 1.29 is 14.6 Å². The van der Waals surface area contributed by atoms with Gasteiger partial charge >= 0.3 is 0 Å². The fourth-order valence-corrected chi connectivity index (χ4v) is 1.50. The van der Waals surface area contributed by atoms with Crippen LogP contribution in [0.5, 0.6) is 11.5 Å². The molecular formula is C12H14O3. The van der Waals surface area contributed by atoms with Gasteiger partial charge in [0.1, 0.15) is 0 Å². The largest absolute Gasteiger partial charge is 0.454 e. The van der Waals surface area contributed by atoms with Crippen LogP contribution in [0.25, 0.3) is 6.08 Å². The van der Waals surface area contributed by atoms with Crippen LogP contribution in [-0.4, -0.2) is 18.5 Å². The molecule has 0 spiro atoms. The second kappa shape index (κ2) is 4.36. The van der Waals surface area contributed by atoms with Gasteiger partial charge in [-0.25, -0.2) is 0 Å². The van der Waals surface area contributed by atoms with Gasteiger partial charge in [-0.05, 0) is 29.7 Å². The Morgan fingerprint density at radius 2 is 2.20 bits per heavy atom. The first-order valence-electron chi connectivity index (χ1n) is 5.03. The molecule has 0 unspecified atom stereocenters. The molecule has 0 bridgehead atoms. The molecule has 0 radical (unpaired) electrons. The predicted octanol–water partition coefficient (Wildman–Crippen LogP) is 2.20. The minimum atomic E-state index is 0.102. The maximum Gasteiger partial charge on any atom is 0.231 e. The Morgan fingerprint density at radius 1 is 1.40 bits per heavy atom. The minimum Gasteiger partial charge on any atom is -0.454 e. The molecule has 2 rings (SSSR count).